The fourth-order valence-electron chi connectivity index (χ4n) is 3.92. The average Bonchev–Trinajstić information content (AvgIpc) is 3.43. The molecule has 11 heteroatoms. The molecule has 0 radical (unpaired) electrons. The summed E-state index contributed by atoms with van der Waals surface area (Å²) in [5, 5.41) is 19.3. The second-order valence-corrected chi connectivity index (χ2v) is 9.50. The summed E-state index contributed by atoms with van der Waals surface area (Å²) >= 11 is 7.13. The van der Waals surface area contributed by atoms with Crippen LogP contribution >= 0.6 is 23.4 Å². The van der Waals surface area contributed by atoms with Gasteiger partial charge in [0.1, 0.15) is 17.3 Å². The largest absolute Gasteiger partial charge is 0.495 e. The smallest absolute Gasteiger partial charge is 0.254 e. The number of nitrogens with one attached hydrogen (secondary N) is 3. The quantitative estimate of drug-likeness (QED) is 0.324. The van der Waals surface area contributed by atoms with E-state index in [0.29, 0.717) is 32.9 Å². The monoisotopic (exact) mass is 552 g/mol. The van der Waals surface area contributed by atoms with Crippen molar-refractivity contribution in [2.24, 2.45) is 0 Å². The molecule has 1 aliphatic rings. The number of carbonyl (C=O) groups is 2. The number of hydrogen-bond donors (Lipinski definition) is 3. The second-order valence-electron chi connectivity index (χ2n) is 8.08. The number of rotatable bonds is 8. The summed E-state index contributed by atoms with van der Waals surface area (Å²) < 4.78 is 25.1. The van der Waals surface area contributed by atoms with E-state index < -0.39 is 17.6 Å². The molecule has 0 saturated heterocycles. The number of carbonyl (C=O) groups excluding carboxylic acids is 2. The van der Waals surface area contributed by atoms with Crippen LogP contribution < -0.4 is 20.7 Å². The highest BCUT2D eigenvalue weighted by molar-refractivity contribution is 8.03. The van der Waals surface area contributed by atoms with Crippen molar-refractivity contribution in [1.29, 1.82) is 5.26 Å². The molecule has 0 spiro atoms. The van der Waals surface area contributed by atoms with Crippen LogP contribution in [0.4, 0.5) is 15.8 Å². The van der Waals surface area contributed by atoms with Crippen LogP contribution in [0.2, 0.25) is 5.02 Å². The molecule has 2 amide bonds. The lowest BCUT2D eigenvalue weighted by Gasteiger charge is -2.28. The molecule has 3 N–H and O–H groups in total. The van der Waals surface area contributed by atoms with Crippen molar-refractivity contribution in [1.82, 2.24) is 5.32 Å². The van der Waals surface area contributed by atoms with E-state index in [4.69, 9.17) is 20.8 Å². The average molecular weight is 553 g/mol. The Kier molecular flexibility index (Phi) is 8.41. The third-order valence-corrected chi connectivity index (χ3v) is 6.88. The molecule has 0 unspecified atom stereocenters. The van der Waals surface area contributed by atoms with Gasteiger partial charge in [0.25, 0.3) is 5.91 Å². The van der Waals surface area contributed by atoms with Crippen molar-refractivity contribution >= 4 is 46.6 Å². The predicted molar refractivity (Wildman–Crippen MR) is 144 cm³/mol. The Hall–Kier alpha value is -4.20. The Labute approximate surface area is 227 Å². The Morgan fingerprint density at radius 3 is 2.66 bits per heavy atom. The molecule has 2 heterocycles. The Balaban J connectivity index is 1.59. The van der Waals surface area contributed by atoms with Crippen LogP contribution in [0.3, 0.4) is 0 Å². The van der Waals surface area contributed by atoms with Gasteiger partial charge in [-0.15, -0.1) is 0 Å². The number of nitriles is 1. The number of anilines is 2. The van der Waals surface area contributed by atoms with E-state index in [2.05, 4.69) is 22.0 Å². The molecule has 3 aromatic rings. The zero-order chi connectivity index (χ0) is 27.2. The second kappa shape index (κ2) is 11.9. The van der Waals surface area contributed by atoms with E-state index >= 15 is 0 Å². The van der Waals surface area contributed by atoms with Crippen LogP contribution in [-0.2, 0) is 9.59 Å². The first kappa shape index (κ1) is 26.9. The number of amides is 2. The highest BCUT2D eigenvalue weighted by atomic mass is 35.5. The number of nitrogens with zero attached hydrogens (tertiary/aromatic N) is 1. The van der Waals surface area contributed by atoms with Gasteiger partial charge in [0.15, 0.2) is 0 Å². The van der Waals surface area contributed by atoms with E-state index in [1.54, 1.807) is 43.3 Å². The number of ether oxygens (including phenoxy) is 1. The molecule has 1 aromatic heterocycles. The van der Waals surface area contributed by atoms with Gasteiger partial charge in [0.05, 0.1) is 58.7 Å². The number of benzene rings is 2. The van der Waals surface area contributed by atoms with Gasteiger partial charge in [-0.2, -0.15) is 5.26 Å². The highest BCUT2D eigenvalue weighted by Crippen LogP contribution is 2.41. The van der Waals surface area contributed by atoms with Crippen LogP contribution in [-0.4, -0.2) is 24.7 Å². The minimum Gasteiger partial charge on any atom is -0.495 e. The van der Waals surface area contributed by atoms with E-state index in [-0.39, 0.29) is 28.5 Å². The number of furan rings is 1. The predicted octanol–water partition coefficient (Wildman–Crippen LogP) is 5.79. The van der Waals surface area contributed by atoms with Crippen molar-refractivity contribution in [2.75, 3.05) is 23.5 Å². The van der Waals surface area contributed by atoms with Crippen LogP contribution in [0.15, 0.2) is 87.1 Å². The third-order valence-electron chi connectivity index (χ3n) is 5.63. The lowest BCUT2D eigenvalue weighted by Crippen LogP contribution is -2.31. The maximum Gasteiger partial charge on any atom is 0.254 e. The lowest BCUT2D eigenvalue weighted by molar-refractivity contribution is -0.114. The van der Waals surface area contributed by atoms with E-state index in [0.717, 1.165) is 11.8 Å². The molecule has 38 heavy (non-hydrogen) atoms. The van der Waals surface area contributed by atoms with Gasteiger partial charge >= 0.3 is 0 Å². The first-order valence-corrected chi connectivity index (χ1v) is 12.7. The zero-order valence-corrected chi connectivity index (χ0v) is 21.9. The zero-order valence-electron chi connectivity index (χ0n) is 20.3. The molecule has 0 saturated carbocycles. The molecule has 194 valence electrons. The van der Waals surface area contributed by atoms with E-state index in [1.165, 1.54) is 31.6 Å². The van der Waals surface area contributed by atoms with Crippen molar-refractivity contribution in [3.8, 4) is 11.8 Å². The number of halogens is 2. The fourth-order valence-corrected chi connectivity index (χ4v) is 4.99. The summed E-state index contributed by atoms with van der Waals surface area (Å²) in [6.45, 7) is 1.66. The minimum absolute atomic E-state index is 0.00627. The Morgan fingerprint density at radius 1 is 1.18 bits per heavy atom. The topological polar surface area (TPSA) is 116 Å². The molecule has 4 rings (SSSR count). The number of allylic oxidation sites excluding steroid dienone is 2. The standard InChI is InChI=1S/C27H22ClFN4O4S/c1-15-24(26(35)33-19-7-4-3-6-18(19)29)25(22-8-5-11-37-22)17(13-30)27(31-15)38-14-23(34)32-20-12-16(28)9-10-21(20)36-2/h3-12,25,31H,14H2,1-2H3,(H,32,34)(H,33,35)/t25-/m0/s1. The van der Waals surface area contributed by atoms with Crippen molar-refractivity contribution in [3.05, 3.63) is 99.3 Å². The molecular formula is C27H22ClFN4O4S. The lowest BCUT2D eigenvalue weighted by atomic mass is 9.85. The molecule has 2 aromatic carbocycles. The highest BCUT2D eigenvalue weighted by Gasteiger charge is 2.36. The number of dihydropyridines is 1. The van der Waals surface area contributed by atoms with Crippen molar-refractivity contribution in [3.63, 3.8) is 0 Å². The molecule has 1 atom stereocenters. The summed E-state index contributed by atoms with van der Waals surface area (Å²) in [6.07, 6.45) is 1.44. The molecule has 0 aliphatic carbocycles. The summed E-state index contributed by atoms with van der Waals surface area (Å²) in [5.74, 6) is -1.67. The molecular weight excluding hydrogens is 531 g/mol. The van der Waals surface area contributed by atoms with Crippen molar-refractivity contribution < 1.29 is 23.1 Å². The maximum atomic E-state index is 14.2. The first-order chi connectivity index (χ1) is 18.3. The summed E-state index contributed by atoms with van der Waals surface area (Å²) in [4.78, 5) is 26.1. The van der Waals surface area contributed by atoms with E-state index in [1.807, 2.05) is 0 Å². The SMILES string of the molecule is COc1ccc(Cl)cc1NC(=O)CSC1=C(C#N)[C@@H](c2ccco2)C(C(=O)Nc2ccccc2F)=C(C)N1. The summed E-state index contributed by atoms with van der Waals surface area (Å²) in [5.41, 5.74) is 1.22. The Morgan fingerprint density at radius 2 is 1.97 bits per heavy atom. The molecule has 0 bridgehead atoms. The van der Waals surface area contributed by atoms with Gasteiger partial charge < -0.3 is 25.1 Å². The first-order valence-electron chi connectivity index (χ1n) is 11.3. The summed E-state index contributed by atoms with van der Waals surface area (Å²) in [7, 11) is 1.48. The van der Waals surface area contributed by atoms with Crippen LogP contribution in [0.25, 0.3) is 0 Å². The Bertz CT molecular complexity index is 1480. The number of methoxy groups -OCH3 is 1. The number of thioether (sulfide) groups is 1. The fraction of sp³-hybridized carbons (Fsp3) is 0.148. The van der Waals surface area contributed by atoms with Gasteiger partial charge in [-0.05, 0) is 49.4 Å². The van der Waals surface area contributed by atoms with Gasteiger partial charge in [-0.25, -0.2) is 4.39 Å². The summed E-state index contributed by atoms with van der Waals surface area (Å²) in [6, 6.07) is 16.1. The van der Waals surface area contributed by atoms with Gasteiger partial charge in [-0.1, -0.05) is 35.5 Å². The number of para-hydroxylation sites is 1. The molecule has 1 aliphatic heterocycles. The number of hydrogen-bond acceptors (Lipinski definition) is 7. The van der Waals surface area contributed by atoms with Crippen LogP contribution in [0.5, 0.6) is 5.75 Å². The van der Waals surface area contributed by atoms with Gasteiger partial charge in [-0.3, -0.25) is 9.59 Å². The normalized spacial score (nSPS) is 15.0. The maximum absolute atomic E-state index is 14.2. The van der Waals surface area contributed by atoms with E-state index in [9.17, 15) is 19.2 Å². The third kappa shape index (κ3) is 5.85. The van der Waals surface area contributed by atoms with Crippen LogP contribution in [0, 0.1) is 17.1 Å². The van der Waals surface area contributed by atoms with Crippen LogP contribution in [0.1, 0.15) is 18.6 Å². The minimum atomic E-state index is -0.874. The van der Waals surface area contributed by atoms with Crippen molar-refractivity contribution in [2.45, 2.75) is 12.8 Å². The van der Waals surface area contributed by atoms with Gasteiger partial charge in [0.2, 0.25) is 5.91 Å². The molecule has 0 fully saturated rings. The molecule has 8 nitrogen and oxygen atoms in total. The van der Waals surface area contributed by atoms with Gasteiger partial charge in [0, 0.05) is 10.7 Å².